The van der Waals surface area contributed by atoms with E-state index in [1.54, 1.807) is 0 Å². The van der Waals surface area contributed by atoms with Crippen LogP contribution in [0.1, 0.15) is 54.7 Å². The Hall–Kier alpha value is -1.64. The average Bonchev–Trinajstić information content (AvgIpc) is 2.69. The van der Waals surface area contributed by atoms with Crippen molar-refractivity contribution in [3.63, 3.8) is 0 Å². The molecule has 1 amide bonds. The number of carbonyl (C=O) groups is 2. The van der Waals surface area contributed by atoms with Crippen molar-refractivity contribution in [2.45, 2.75) is 48.5 Å². The summed E-state index contributed by atoms with van der Waals surface area (Å²) in [5.41, 5.74) is 4.12. The predicted octanol–water partition coefficient (Wildman–Crippen LogP) is 3.80. The number of fused-ring (bicyclic) bond motifs is 1. The number of ketones is 1. The molecule has 2 rings (SSSR count). The molecule has 0 spiro atoms. The highest BCUT2D eigenvalue weighted by atomic mass is 16.2. The van der Waals surface area contributed by atoms with Crippen molar-refractivity contribution in [3.8, 4) is 0 Å². The zero-order chi connectivity index (χ0) is 14.5. The first kappa shape index (κ1) is 16.4. The lowest BCUT2D eigenvalue weighted by molar-refractivity contribution is -0.112. The lowest BCUT2D eigenvalue weighted by Gasteiger charge is -2.08. The van der Waals surface area contributed by atoms with Gasteiger partial charge in [-0.3, -0.25) is 9.59 Å². The standard InChI is InChI=1S/C11H11NO2.2C2H6/c1-5-4-6(2)9-8(7(5)3)10(13)11(14)12-9;2*1-2/h4H,1-3H3,(H,12,13,14);2*1-2H3. The maximum absolute atomic E-state index is 11.5. The van der Waals surface area contributed by atoms with E-state index in [2.05, 4.69) is 5.32 Å². The summed E-state index contributed by atoms with van der Waals surface area (Å²) < 4.78 is 0. The summed E-state index contributed by atoms with van der Waals surface area (Å²) in [6, 6.07) is 1.98. The fourth-order valence-corrected chi connectivity index (χ4v) is 1.82. The summed E-state index contributed by atoms with van der Waals surface area (Å²) >= 11 is 0. The molecule has 3 heteroatoms. The number of hydrogen-bond donors (Lipinski definition) is 1. The number of aryl methyl sites for hydroxylation is 2. The molecule has 0 aromatic heterocycles. The average molecular weight is 249 g/mol. The molecule has 0 saturated heterocycles. The van der Waals surface area contributed by atoms with Crippen molar-refractivity contribution in [2.24, 2.45) is 0 Å². The SMILES string of the molecule is CC.CC.Cc1cc(C)c2c(c1C)C(=O)C(=O)N2. The fraction of sp³-hybridized carbons (Fsp3) is 0.467. The van der Waals surface area contributed by atoms with Gasteiger partial charge in [0.2, 0.25) is 0 Å². The Kier molecular flexibility index (Phi) is 6.31. The second-order valence-corrected chi connectivity index (χ2v) is 3.67. The number of anilines is 1. The van der Waals surface area contributed by atoms with E-state index in [1.807, 2.05) is 54.5 Å². The Morgan fingerprint density at radius 3 is 1.89 bits per heavy atom. The Bertz CT molecular complexity index is 462. The number of benzene rings is 1. The van der Waals surface area contributed by atoms with Crippen LogP contribution in [-0.2, 0) is 4.79 Å². The van der Waals surface area contributed by atoms with E-state index < -0.39 is 11.7 Å². The number of nitrogens with one attached hydrogen (secondary N) is 1. The molecule has 0 saturated carbocycles. The molecule has 1 aliphatic rings. The molecule has 0 aliphatic carbocycles. The van der Waals surface area contributed by atoms with E-state index in [9.17, 15) is 9.59 Å². The maximum Gasteiger partial charge on any atom is 0.296 e. The Balaban J connectivity index is 0.000000659. The highest BCUT2D eigenvalue weighted by Gasteiger charge is 2.31. The molecule has 0 unspecified atom stereocenters. The first-order valence-corrected chi connectivity index (χ1v) is 6.49. The maximum atomic E-state index is 11.5. The van der Waals surface area contributed by atoms with Gasteiger partial charge < -0.3 is 5.32 Å². The van der Waals surface area contributed by atoms with Crippen LogP contribution in [0.5, 0.6) is 0 Å². The number of carbonyl (C=O) groups excluding carboxylic acids is 2. The van der Waals surface area contributed by atoms with E-state index in [-0.39, 0.29) is 0 Å². The van der Waals surface area contributed by atoms with Gasteiger partial charge in [-0.25, -0.2) is 0 Å². The molecule has 1 aliphatic heterocycles. The number of rotatable bonds is 0. The molecule has 1 aromatic rings. The first-order valence-electron chi connectivity index (χ1n) is 6.49. The molecule has 3 nitrogen and oxygen atoms in total. The summed E-state index contributed by atoms with van der Waals surface area (Å²) in [6.45, 7) is 13.7. The van der Waals surface area contributed by atoms with Gasteiger partial charge in [0.05, 0.1) is 11.3 Å². The normalized spacial score (nSPS) is 11.7. The molecular weight excluding hydrogens is 226 g/mol. The van der Waals surface area contributed by atoms with Gasteiger partial charge in [-0.2, -0.15) is 0 Å². The molecular formula is C15H23NO2. The topological polar surface area (TPSA) is 46.2 Å². The van der Waals surface area contributed by atoms with Gasteiger partial charge in [0.1, 0.15) is 0 Å². The van der Waals surface area contributed by atoms with Crippen LogP contribution in [0.4, 0.5) is 5.69 Å². The van der Waals surface area contributed by atoms with E-state index >= 15 is 0 Å². The van der Waals surface area contributed by atoms with Gasteiger partial charge in [-0.1, -0.05) is 33.8 Å². The van der Waals surface area contributed by atoms with Crippen LogP contribution in [0.25, 0.3) is 0 Å². The van der Waals surface area contributed by atoms with Crippen LogP contribution in [0.15, 0.2) is 6.07 Å². The van der Waals surface area contributed by atoms with Crippen molar-refractivity contribution >= 4 is 17.4 Å². The number of amides is 1. The summed E-state index contributed by atoms with van der Waals surface area (Å²) in [4.78, 5) is 22.7. The summed E-state index contributed by atoms with van der Waals surface area (Å²) in [5, 5.41) is 2.60. The van der Waals surface area contributed by atoms with Crippen LogP contribution in [0.2, 0.25) is 0 Å². The van der Waals surface area contributed by atoms with Crippen LogP contribution < -0.4 is 5.32 Å². The predicted molar refractivity (Wildman–Crippen MR) is 76.3 cm³/mol. The Morgan fingerprint density at radius 2 is 1.39 bits per heavy atom. The van der Waals surface area contributed by atoms with Crippen LogP contribution in [0.3, 0.4) is 0 Å². The second kappa shape index (κ2) is 6.94. The minimum absolute atomic E-state index is 0.413. The van der Waals surface area contributed by atoms with Gasteiger partial charge in [0.25, 0.3) is 11.7 Å². The third-order valence-corrected chi connectivity index (χ3v) is 2.72. The molecule has 0 radical (unpaired) electrons. The Labute approximate surface area is 110 Å². The molecule has 0 bridgehead atoms. The highest BCUT2D eigenvalue weighted by molar-refractivity contribution is 6.52. The van der Waals surface area contributed by atoms with E-state index in [0.29, 0.717) is 11.3 Å². The largest absolute Gasteiger partial charge is 0.318 e. The lowest BCUT2D eigenvalue weighted by Crippen LogP contribution is -2.13. The van der Waals surface area contributed by atoms with Crippen LogP contribution >= 0.6 is 0 Å². The molecule has 18 heavy (non-hydrogen) atoms. The summed E-state index contributed by atoms with van der Waals surface area (Å²) in [7, 11) is 0. The molecule has 0 atom stereocenters. The minimum atomic E-state index is -0.517. The molecule has 1 N–H and O–H groups in total. The van der Waals surface area contributed by atoms with E-state index in [1.165, 1.54) is 0 Å². The van der Waals surface area contributed by atoms with Gasteiger partial charge in [-0.15, -0.1) is 0 Å². The fourth-order valence-electron chi connectivity index (χ4n) is 1.82. The summed E-state index contributed by atoms with van der Waals surface area (Å²) in [5.74, 6) is -0.930. The van der Waals surface area contributed by atoms with Crippen molar-refractivity contribution in [2.75, 3.05) is 5.32 Å². The van der Waals surface area contributed by atoms with Gasteiger partial charge >= 0.3 is 0 Å². The molecule has 1 aromatic carbocycles. The lowest BCUT2D eigenvalue weighted by atomic mass is 9.97. The van der Waals surface area contributed by atoms with Crippen molar-refractivity contribution in [1.82, 2.24) is 0 Å². The monoisotopic (exact) mass is 249 g/mol. The second-order valence-electron chi connectivity index (χ2n) is 3.67. The third-order valence-electron chi connectivity index (χ3n) is 2.72. The van der Waals surface area contributed by atoms with Gasteiger partial charge in [-0.05, 0) is 37.5 Å². The molecule has 1 heterocycles. The van der Waals surface area contributed by atoms with E-state index in [4.69, 9.17) is 0 Å². The number of Topliss-reactive ketones (excluding diaryl/α,β-unsaturated/α-hetero) is 1. The van der Waals surface area contributed by atoms with Crippen molar-refractivity contribution in [1.29, 1.82) is 0 Å². The minimum Gasteiger partial charge on any atom is -0.318 e. The number of hydrogen-bond acceptors (Lipinski definition) is 2. The van der Waals surface area contributed by atoms with E-state index in [0.717, 1.165) is 16.7 Å². The van der Waals surface area contributed by atoms with Gasteiger partial charge in [0, 0.05) is 0 Å². The highest BCUT2D eigenvalue weighted by Crippen LogP contribution is 2.31. The van der Waals surface area contributed by atoms with Crippen LogP contribution in [-0.4, -0.2) is 11.7 Å². The third kappa shape index (κ3) is 2.78. The zero-order valence-corrected chi connectivity index (χ0v) is 12.4. The quantitative estimate of drug-likeness (QED) is 0.711. The summed E-state index contributed by atoms with van der Waals surface area (Å²) in [6.07, 6.45) is 0. The van der Waals surface area contributed by atoms with Crippen molar-refractivity contribution < 1.29 is 9.59 Å². The molecule has 0 fully saturated rings. The van der Waals surface area contributed by atoms with Crippen LogP contribution in [0, 0.1) is 20.8 Å². The molecule has 100 valence electrons. The first-order chi connectivity index (χ1) is 8.52. The van der Waals surface area contributed by atoms with Crippen molar-refractivity contribution in [3.05, 3.63) is 28.3 Å². The zero-order valence-electron chi connectivity index (χ0n) is 12.4. The Morgan fingerprint density at radius 1 is 0.889 bits per heavy atom. The van der Waals surface area contributed by atoms with Gasteiger partial charge in [0.15, 0.2) is 0 Å². The smallest absolute Gasteiger partial charge is 0.296 e.